The lowest BCUT2D eigenvalue weighted by atomic mass is 10.0. The van der Waals surface area contributed by atoms with Gasteiger partial charge >= 0.3 is 5.97 Å². The van der Waals surface area contributed by atoms with Crippen molar-refractivity contribution < 1.29 is 24.1 Å². The molecule has 0 fully saturated rings. The number of esters is 1. The highest BCUT2D eigenvalue weighted by Crippen LogP contribution is 2.23. The average Bonchev–Trinajstić information content (AvgIpc) is 2.37. The summed E-state index contributed by atoms with van der Waals surface area (Å²) in [4.78, 5) is 11.2. The number of aliphatic hydroxyl groups is 2. The lowest BCUT2D eigenvalue weighted by Gasteiger charge is -2.18. The number of methoxy groups -OCH3 is 1. The standard InChI is InChI=1S/C12H15FO4S/c1-17-12(16)7-2-3-8(9(13)6-7)11(15)10(14)4-5-18/h2-3,6,10-11,14-15,18H,4-5H2,1H3. The van der Waals surface area contributed by atoms with E-state index in [0.717, 1.165) is 6.07 Å². The van der Waals surface area contributed by atoms with Crippen LogP contribution in [0.5, 0.6) is 0 Å². The normalized spacial score (nSPS) is 14.1. The minimum Gasteiger partial charge on any atom is -0.465 e. The number of carbonyl (C=O) groups excluding carboxylic acids is 1. The third-order valence-corrected chi connectivity index (χ3v) is 2.79. The number of halogens is 1. The van der Waals surface area contributed by atoms with Crippen molar-refractivity contribution in [3.63, 3.8) is 0 Å². The number of hydrogen-bond acceptors (Lipinski definition) is 5. The number of hydrogen-bond donors (Lipinski definition) is 3. The summed E-state index contributed by atoms with van der Waals surface area (Å²) in [5.74, 6) is -1.05. The van der Waals surface area contributed by atoms with E-state index in [1.165, 1.54) is 19.2 Å². The minimum atomic E-state index is -1.34. The molecule has 2 N–H and O–H groups in total. The molecule has 18 heavy (non-hydrogen) atoms. The first-order valence-electron chi connectivity index (χ1n) is 5.36. The van der Waals surface area contributed by atoms with Gasteiger partial charge in [-0.1, -0.05) is 6.07 Å². The van der Waals surface area contributed by atoms with Crippen LogP contribution in [0.1, 0.15) is 28.4 Å². The van der Waals surface area contributed by atoms with E-state index in [4.69, 9.17) is 0 Å². The Balaban J connectivity index is 2.94. The first-order chi connectivity index (χ1) is 8.51. The zero-order chi connectivity index (χ0) is 13.7. The van der Waals surface area contributed by atoms with Crippen molar-refractivity contribution in [3.8, 4) is 0 Å². The summed E-state index contributed by atoms with van der Waals surface area (Å²) in [6.45, 7) is 0. The molecule has 0 heterocycles. The molecule has 0 aliphatic carbocycles. The zero-order valence-corrected chi connectivity index (χ0v) is 10.7. The lowest BCUT2D eigenvalue weighted by Crippen LogP contribution is -2.20. The first kappa shape index (κ1) is 14.9. The van der Waals surface area contributed by atoms with Gasteiger partial charge in [0.25, 0.3) is 0 Å². The molecule has 6 heteroatoms. The summed E-state index contributed by atoms with van der Waals surface area (Å²) in [5.41, 5.74) is -0.00780. The molecule has 1 aromatic carbocycles. The average molecular weight is 274 g/mol. The fourth-order valence-electron chi connectivity index (χ4n) is 1.51. The fraction of sp³-hybridized carbons (Fsp3) is 0.417. The third-order valence-electron chi connectivity index (χ3n) is 2.53. The predicted octanol–water partition coefficient (Wildman–Crippen LogP) is 1.33. The van der Waals surface area contributed by atoms with Crippen LogP contribution in [0.3, 0.4) is 0 Å². The van der Waals surface area contributed by atoms with E-state index in [1.807, 2.05) is 0 Å². The van der Waals surface area contributed by atoms with Crippen molar-refractivity contribution in [3.05, 3.63) is 35.1 Å². The maximum absolute atomic E-state index is 13.7. The Morgan fingerprint density at radius 1 is 1.50 bits per heavy atom. The Bertz CT molecular complexity index is 425. The van der Waals surface area contributed by atoms with Crippen molar-refractivity contribution in [2.24, 2.45) is 0 Å². The van der Waals surface area contributed by atoms with E-state index in [1.54, 1.807) is 0 Å². The highest BCUT2D eigenvalue weighted by atomic mass is 32.1. The van der Waals surface area contributed by atoms with Gasteiger partial charge in [-0.25, -0.2) is 9.18 Å². The van der Waals surface area contributed by atoms with Crippen LogP contribution in [0, 0.1) is 5.82 Å². The quantitative estimate of drug-likeness (QED) is 0.560. The summed E-state index contributed by atoms with van der Waals surface area (Å²) in [6, 6.07) is 3.56. The number of rotatable bonds is 5. The Morgan fingerprint density at radius 2 is 2.17 bits per heavy atom. The van der Waals surface area contributed by atoms with E-state index in [-0.39, 0.29) is 17.5 Å². The Morgan fingerprint density at radius 3 is 2.67 bits per heavy atom. The highest BCUT2D eigenvalue weighted by Gasteiger charge is 2.22. The Labute approximate surface area is 110 Å². The van der Waals surface area contributed by atoms with Crippen LogP contribution in [0.25, 0.3) is 0 Å². The second kappa shape index (κ2) is 6.72. The maximum atomic E-state index is 13.7. The monoisotopic (exact) mass is 274 g/mol. The molecule has 100 valence electrons. The van der Waals surface area contributed by atoms with E-state index >= 15 is 0 Å². The Kier molecular flexibility index (Phi) is 5.58. The molecule has 0 saturated carbocycles. The topological polar surface area (TPSA) is 66.8 Å². The first-order valence-corrected chi connectivity index (χ1v) is 5.99. The van der Waals surface area contributed by atoms with Gasteiger partial charge in [0.15, 0.2) is 0 Å². The summed E-state index contributed by atoms with van der Waals surface area (Å²) in [6.07, 6.45) is -2.20. The van der Waals surface area contributed by atoms with Crippen LogP contribution in [0.15, 0.2) is 18.2 Å². The summed E-state index contributed by atoms with van der Waals surface area (Å²) < 4.78 is 18.1. The van der Waals surface area contributed by atoms with Crippen molar-refractivity contribution in [1.82, 2.24) is 0 Å². The molecule has 0 amide bonds. The fourth-order valence-corrected chi connectivity index (χ4v) is 1.77. The molecule has 1 aromatic rings. The summed E-state index contributed by atoms with van der Waals surface area (Å²) in [7, 11) is 1.19. The van der Waals surface area contributed by atoms with Crippen molar-refractivity contribution in [2.45, 2.75) is 18.6 Å². The van der Waals surface area contributed by atoms with Gasteiger partial charge in [0.2, 0.25) is 0 Å². The zero-order valence-electron chi connectivity index (χ0n) is 9.84. The van der Waals surface area contributed by atoms with Gasteiger partial charge in [0, 0.05) is 5.56 Å². The smallest absolute Gasteiger partial charge is 0.337 e. The summed E-state index contributed by atoms with van der Waals surface area (Å²) in [5, 5.41) is 19.3. The van der Waals surface area contributed by atoms with Crippen LogP contribution in [-0.2, 0) is 4.74 Å². The molecular formula is C12H15FO4S. The number of ether oxygens (including phenoxy) is 1. The molecule has 0 saturated heterocycles. The van der Waals surface area contributed by atoms with Crippen molar-refractivity contribution >= 4 is 18.6 Å². The second-order valence-corrected chi connectivity index (χ2v) is 4.20. The van der Waals surface area contributed by atoms with Crippen LogP contribution in [0.2, 0.25) is 0 Å². The van der Waals surface area contributed by atoms with Crippen molar-refractivity contribution in [2.75, 3.05) is 12.9 Å². The number of aliphatic hydroxyl groups excluding tert-OH is 2. The molecule has 0 radical (unpaired) electrons. The van der Waals surface area contributed by atoms with Crippen LogP contribution in [0.4, 0.5) is 4.39 Å². The van der Waals surface area contributed by atoms with Gasteiger partial charge in [-0.05, 0) is 24.3 Å². The van der Waals surface area contributed by atoms with Crippen LogP contribution < -0.4 is 0 Å². The highest BCUT2D eigenvalue weighted by molar-refractivity contribution is 7.80. The molecule has 2 atom stereocenters. The van der Waals surface area contributed by atoms with E-state index in [2.05, 4.69) is 17.4 Å². The molecular weight excluding hydrogens is 259 g/mol. The molecule has 0 bridgehead atoms. The van der Waals surface area contributed by atoms with Crippen LogP contribution >= 0.6 is 12.6 Å². The molecule has 0 aliphatic heterocycles. The minimum absolute atomic E-state index is 0.0506. The molecule has 0 aromatic heterocycles. The lowest BCUT2D eigenvalue weighted by molar-refractivity contribution is 0.0151. The van der Waals surface area contributed by atoms with Gasteiger partial charge in [-0.2, -0.15) is 12.6 Å². The molecule has 0 aliphatic rings. The number of carbonyl (C=O) groups is 1. The largest absolute Gasteiger partial charge is 0.465 e. The van der Waals surface area contributed by atoms with E-state index < -0.39 is 24.0 Å². The van der Waals surface area contributed by atoms with Gasteiger partial charge < -0.3 is 14.9 Å². The van der Waals surface area contributed by atoms with Gasteiger partial charge in [0.1, 0.15) is 11.9 Å². The third kappa shape index (κ3) is 3.44. The van der Waals surface area contributed by atoms with Crippen molar-refractivity contribution in [1.29, 1.82) is 0 Å². The number of benzene rings is 1. The van der Waals surface area contributed by atoms with Gasteiger partial charge in [-0.3, -0.25) is 0 Å². The molecule has 1 rings (SSSR count). The maximum Gasteiger partial charge on any atom is 0.337 e. The molecule has 0 spiro atoms. The second-order valence-electron chi connectivity index (χ2n) is 3.75. The summed E-state index contributed by atoms with van der Waals surface area (Å²) >= 11 is 3.92. The van der Waals surface area contributed by atoms with E-state index in [0.29, 0.717) is 5.75 Å². The van der Waals surface area contributed by atoms with Gasteiger partial charge in [-0.15, -0.1) is 0 Å². The SMILES string of the molecule is COC(=O)c1ccc(C(O)C(O)CCS)c(F)c1. The Hall–Kier alpha value is -1.11. The predicted molar refractivity (Wildman–Crippen MR) is 67.2 cm³/mol. The van der Waals surface area contributed by atoms with E-state index in [9.17, 15) is 19.4 Å². The van der Waals surface area contributed by atoms with Crippen LogP contribution in [-0.4, -0.2) is 35.1 Å². The number of thiol groups is 1. The molecule has 4 nitrogen and oxygen atoms in total. The molecule has 2 unspecified atom stereocenters. The van der Waals surface area contributed by atoms with Gasteiger partial charge in [0.05, 0.1) is 18.8 Å².